The van der Waals surface area contributed by atoms with Crippen molar-refractivity contribution in [3.63, 3.8) is 0 Å². The fourth-order valence-electron chi connectivity index (χ4n) is 2.84. The van der Waals surface area contributed by atoms with Crippen molar-refractivity contribution in [2.24, 2.45) is 5.73 Å². The van der Waals surface area contributed by atoms with Gasteiger partial charge in [-0.1, -0.05) is 48.5 Å². The fraction of sp³-hybridized carbons (Fsp3) is 0.158. The van der Waals surface area contributed by atoms with Gasteiger partial charge in [-0.25, -0.2) is 8.78 Å². The van der Waals surface area contributed by atoms with Crippen molar-refractivity contribution >= 4 is 10.8 Å². The van der Waals surface area contributed by atoms with Gasteiger partial charge in [0.2, 0.25) is 0 Å². The molecule has 3 aromatic carbocycles. The highest BCUT2D eigenvalue weighted by Crippen LogP contribution is 2.33. The smallest absolute Gasteiger partial charge is 0.131 e. The first-order chi connectivity index (χ1) is 11.1. The Labute approximate surface area is 133 Å². The van der Waals surface area contributed by atoms with Crippen molar-refractivity contribution in [2.45, 2.75) is 12.0 Å². The van der Waals surface area contributed by atoms with E-state index < -0.39 is 23.7 Å². The molecular formula is C19H17F2NO. The summed E-state index contributed by atoms with van der Waals surface area (Å²) in [7, 11) is 0. The average molecular weight is 313 g/mol. The van der Waals surface area contributed by atoms with E-state index in [1.54, 1.807) is 0 Å². The van der Waals surface area contributed by atoms with Crippen LogP contribution in [0.1, 0.15) is 23.1 Å². The third-order valence-corrected chi connectivity index (χ3v) is 4.12. The van der Waals surface area contributed by atoms with Gasteiger partial charge in [-0.05, 0) is 22.4 Å². The summed E-state index contributed by atoms with van der Waals surface area (Å²) in [5.41, 5.74) is 6.68. The van der Waals surface area contributed by atoms with Crippen LogP contribution >= 0.6 is 0 Å². The van der Waals surface area contributed by atoms with E-state index in [1.165, 1.54) is 6.07 Å². The van der Waals surface area contributed by atoms with Crippen LogP contribution in [-0.2, 0) is 0 Å². The molecule has 0 heterocycles. The topological polar surface area (TPSA) is 46.2 Å². The van der Waals surface area contributed by atoms with Gasteiger partial charge >= 0.3 is 0 Å². The van der Waals surface area contributed by atoms with E-state index in [4.69, 9.17) is 5.73 Å². The van der Waals surface area contributed by atoms with Gasteiger partial charge in [0.25, 0.3) is 0 Å². The van der Waals surface area contributed by atoms with Gasteiger partial charge < -0.3 is 10.8 Å². The normalized spacial score (nSPS) is 13.9. The SMILES string of the molecule is NCC(c1ccc2ccccc2c1)C(O)c1ccc(F)cc1F. The summed E-state index contributed by atoms with van der Waals surface area (Å²) in [6.45, 7) is 0.149. The van der Waals surface area contributed by atoms with Crippen LogP contribution in [0.3, 0.4) is 0 Å². The first kappa shape index (κ1) is 15.6. The van der Waals surface area contributed by atoms with E-state index in [1.807, 2.05) is 42.5 Å². The second-order valence-corrected chi connectivity index (χ2v) is 5.56. The summed E-state index contributed by atoms with van der Waals surface area (Å²) in [5, 5.41) is 12.6. The number of rotatable bonds is 4. The maximum absolute atomic E-state index is 13.9. The number of halogens is 2. The highest BCUT2D eigenvalue weighted by molar-refractivity contribution is 5.83. The number of hydrogen-bond donors (Lipinski definition) is 2. The number of nitrogens with two attached hydrogens (primary N) is 1. The van der Waals surface area contributed by atoms with E-state index in [2.05, 4.69) is 0 Å². The number of benzene rings is 3. The van der Waals surface area contributed by atoms with Crippen LogP contribution in [-0.4, -0.2) is 11.7 Å². The minimum Gasteiger partial charge on any atom is -0.388 e. The van der Waals surface area contributed by atoms with E-state index in [0.717, 1.165) is 28.5 Å². The van der Waals surface area contributed by atoms with Crippen LogP contribution in [0.2, 0.25) is 0 Å². The summed E-state index contributed by atoms with van der Waals surface area (Å²) in [4.78, 5) is 0. The van der Waals surface area contributed by atoms with Crippen molar-refractivity contribution in [1.29, 1.82) is 0 Å². The fourth-order valence-corrected chi connectivity index (χ4v) is 2.84. The molecule has 0 bridgehead atoms. The quantitative estimate of drug-likeness (QED) is 0.767. The minimum atomic E-state index is -1.14. The standard InChI is InChI=1S/C19H17F2NO/c20-15-7-8-16(18(21)10-15)19(23)17(11-22)14-6-5-12-3-1-2-4-13(12)9-14/h1-10,17,19,23H,11,22H2. The predicted molar refractivity (Wildman–Crippen MR) is 87.1 cm³/mol. The van der Waals surface area contributed by atoms with E-state index in [9.17, 15) is 13.9 Å². The Hall–Kier alpha value is -2.30. The molecule has 0 saturated heterocycles. The molecule has 0 aliphatic rings. The van der Waals surface area contributed by atoms with Crippen molar-refractivity contribution in [3.05, 3.63) is 83.4 Å². The summed E-state index contributed by atoms with van der Waals surface area (Å²) in [5.74, 6) is -1.91. The Bertz CT molecular complexity index is 834. The van der Waals surface area contributed by atoms with Crippen LogP contribution in [0.5, 0.6) is 0 Å². The Balaban J connectivity index is 1.99. The predicted octanol–water partition coefficient (Wildman–Crippen LogP) is 3.89. The molecule has 0 saturated carbocycles. The molecule has 0 aromatic heterocycles. The lowest BCUT2D eigenvalue weighted by Crippen LogP contribution is -2.21. The lowest BCUT2D eigenvalue weighted by molar-refractivity contribution is 0.143. The number of hydrogen-bond acceptors (Lipinski definition) is 2. The number of aliphatic hydroxyl groups is 1. The molecule has 0 amide bonds. The number of fused-ring (bicyclic) bond motifs is 1. The molecule has 2 atom stereocenters. The summed E-state index contributed by atoms with van der Waals surface area (Å²) in [6, 6.07) is 16.8. The van der Waals surface area contributed by atoms with Gasteiger partial charge in [0.05, 0.1) is 6.10 Å². The lowest BCUT2D eigenvalue weighted by Gasteiger charge is -2.23. The molecule has 3 rings (SSSR count). The third kappa shape index (κ3) is 3.09. The molecule has 0 spiro atoms. The average Bonchev–Trinajstić information content (AvgIpc) is 2.55. The zero-order valence-corrected chi connectivity index (χ0v) is 12.4. The van der Waals surface area contributed by atoms with Crippen LogP contribution < -0.4 is 5.73 Å². The largest absolute Gasteiger partial charge is 0.388 e. The van der Waals surface area contributed by atoms with E-state index in [0.29, 0.717) is 0 Å². The van der Waals surface area contributed by atoms with E-state index in [-0.39, 0.29) is 12.1 Å². The van der Waals surface area contributed by atoms with Gasteiger partial charge in [-0.15, -0.1) is 0 Å². The molecule has 23 heavy (non-hydrogen) atoms. The zero-order chi connectivity index (χ0) is 16.4. The minimum absolute atomic E-state index is 0.0509. The molecule has 0 fully saturated rings. The van der Waals surface area contributed by atoms with Gasteiger partial charge in [0, 0.05) is 24.1 Å². The monoisotopic (exact) mass is 313 g/mol. The second kappa shape index (κ2) is 6.44. The Kier molecular flexibility index (Phi) is 4.37. The molecule has 3 aromatic rings. The highest BCUT2D eigenvalue weighted by atomic mass is 19.1. The zero-order valence-electron chi connectivity index (χ0n) is 12.4. The Morgan fingerprint density at radius 1 is 0.913 bits per heavy atom. The summed E-state index contributed by atoms with van der Waals surface area (Å²) < 4.78 is 27.0. The van der Waals surface area contributed by atoms with Crippen molar-refractivity contribution in [3.8, 4) is 0 Å². The lowest BCUT2D eigenvalue weighted by atomic mass is 9.88. The number of aliphatic hydroxyl groups excluding tert-OH is 1. The first-order valence-electron chi connectivity index (χ1n) is 7.42. The van der Waals surface area contributed by atoms with Crippen LogP contribution in [0.4, 0.5) is 8.78 Å². The first-order valence-corrected chi connectivity index (χ1v) is 7.42. The second-order valence-electron chi connectivity index (χ2n) is 5.56. The van der Waals surface area contributed by atoms with Crippen LogP contribution in [0.15, 0.2) is 60.7 Å². The third-order valence-electron chi connectivity index (χ3n) is 4.12. The van der Waals surface area contributed by atoms with Gasteiger partial charge in [-0.3, -0.25) is 0 Å². The van der Waals surface area contributed by atoms with Gasteiger partial charge in [0.1, 0.15) is 11.6 Å². The van der Waals surface area contributed by atoms with Crippen molar-refractivity contribution in [1.82, 2.24) is 0 Å². The molecule has 0 radical (unpaired) electrons. The molecule has 118 valence electrons. The van der Waals surface area contributed by atoms with Gasteiger partial charge in [-0.2, -0.15) is 0 Å². The summed E-state index contributed by atoms with van der Waals surface area (Å²) >= 11 is 0. The summed E-state index contributed by atoms with van der Waals surface area (Å²) in [6.07, 6.45) is -1.14. The molecule has 0 aliphatic heterocycles. The molecule has 2 nitrogen and oxygen atoms in total. The van der Waals surface area contributed by atoms with Gasteiger partial charge in [0.15, 0.2) is 0 Å². The molecule has 2 unspecified atom stereocenters. The molecule has 4 heteroatoms. The molecule has 3 N–H and O–H groups in total. The highest BCUT2D eigenvalue weighted by Gasteiger charge is 2.24. The molecule has 0 aliphatic carbocycles. The van der Waals surface area contributed by atoms with E-state index >= 15 is 0 Å². The van der Waals surface area contributed by atoms with Crippen molar-refractivity contribution < 1.29 is 13.9 Å². The van der Waals surface area contributed by atoms with Crippen molar-refractivity contribution in [2.75, 3.05) is 6.54 Å². The maximum atomic E-state index is 13.9. The Morgan fingerprint density at radius 3 is 2.35 bits per heavy atom. The van der Waals surface area contributed by atoms with Crippen LogP contribution in [0, 0.1) is 11.6 Å². The Morgan fingerprint density at radius 2 is 1.65 bits per heavy atom. The molecular weight excluding hydrogens is 296 g/mol. The van der Waals surface area contributed by atoms with Crippen LogP contribution in [0.25, 0.3) is 10.8 Å². The maximum Gasteiger partial charge on any atom is 0.131 e.